The first-order chi connectivity index (χ1) is 14.8. The summed E-state index contributed by atoms with van der Waals surface area (Å²) >= 11 is 1.35. The molecule has 166 valence electrons. The van der Waals surface area contributed by atoms with Gasteiger partial charge in [0.1, 0.15) is 18.7 Å². The Labute approximate surface area is 182 Å². The Balaban J connectivity index is 2.08. The molecule has 0 radical (unpaired) electrons. The zero-order valence-electron chi connectivity index (χ0n) is 17.4. The molecule has 2 aromatic carbocycles. The molecule has 0 amide bonds. The molecule has 0 atom stereocenters. The van der Waals surface area contributed by atoms with Crippen LogP contribution in [0, 0.1) is 0 Å². The molecule has 1 heterocycles. The highest BCUT2D eigenvalue weighted by molar-refractivity contribution is 7.97. The van der Waals surface area contributed by atoms with E-state index < -0.39 is 12.7 Å². The molecule has 0 bridgehead atoms. The number of alkyl halides is 3. The van der Waals surface area contributed by atoms with Crippen LogP contribution in [0.2, 0.25) is 0 Å². The zero-order valence-corrected chi connectivity index (χ0v) is 18.2. The topological polar surface area (TPSA) is 71.5 Å². The van der Waals surface area contributed by atoms with E-state index in [1.165, 1.54) is 39.5 Å². The van der Waals surface area contributed by atoms with Crippen molar-refractivity contribution in [3.8, 4) is 11.5 Å². The average Bonchev–Trinajstić information content (AvgIpc) is 2.72. The number of fused-ring (bicyclic) bond motifs is 1. The van der Waals surface area contributed by atoms with Crippen LogP contribution in [0.25, 0.3) is 10.9 Å². The van der Waals surface area contributed by atoms with Crippen LogP contribution in [0.1, 0.15) is 0 Å². The fraction of sp³-hybridized carbons (Fsp3) is 0.300. The second kappa shape index (κ2) is 9.48. The minimum Gasteiger partial charge on any atom is -0.493 e. The van der Waals surface area contributed by atoms with Gasteiger partial charge >= 0.3 is 6.18 Å². The van der Waals surface area contributed by atoms with Gasteiger partial charge in [0.2, 0.25) is 0 Å². The molecule has 1 aromatic heterocycles. The van der Waals surface area contributed by atoms with Gasteiger partial charge < -0.3 is 19.7 Å². The predicted molar refractivity (Wildman–Crippen MR) is 117 cm³/mol. The summed E-state index contributed by atoms with van der Waals surface area (Å²) < 4.78 is 52.6. The lowest BCUT2D eigenvalue weighted by Crippen LogP contribution is -2.31. The molecule has 0 aliphatic rings. The number of halogens is 3. The van der Waals surface area contributed by atoms with Crippen LogP contribution in [-0.2, 0) is 0 Å². The van der Waals surface area contributed by atoms with Crippen LogP contribution < -0.4 is 24.4 Å². The van der Waals surface area contributed by atoms with Crippen molar-refractivity contribution < 1.29 is 22.6 Å². The normalized spacial score (nSPS) is 11.5. The zero-order chi connectivity index (χ0) is 22.6. The van der Waals surface area contributed by atoms with Gasteiger partial charge in [-0.25, -0.2) is 9.97 Å². The van der Waals surface area contributed by atoms with Crippen LogP contribution in [0.3, 0.4) is 0 Å². The summed E-state index contributed by atoms with van der Waals surface area (Å²) in [4.78, 5) is 10.5. The number of methoxy groups -OCH3 is 2. The van der Waals surface area contributed by atoms with E-state index in [4.69, 9.17) is 9.47 Å². The van der Waals surface area contributed by atoms with Gasteiger partial charge in [-0.15, -0.1) is 0 Å². The van der Waals surface area contributed by atoms with Crippen LogP contribution in [0.5, 0.6) is 11.5 Å². The van der Waals surface area contributed by atoms with Crippen molar-refractivity contribution >= 4 is 40.0 Å². The number of hydrogen-bond acceptors (Lipinski definition) is 8. The Kier molecular flexibility index (Phi) is 6.96. The lowest BCUT2D eigenvalue weighted by Gasteiger charge is -2.24. The highest BCUT2D eigenvalue weighted by atomic mass is 32.2. The Hall–Kier alpha value is -2.92. The summed E-state index contributed by atoms with van der Waals surface area (Å²) in [7, 11) is 6.20. The number of anilines is 3. The van der Waals surface area contributed by atoms with Gasteiger partial charge in [0.05, 0.1) is 31.1 Å². The molecule has 2 N–H and O–H groups in total. The number of aromatic nitrogens is 2. The van der Waals surface area contributed by atoms with E-state index in [0.29, 0.717) is 39.6 Å². The SMILES string of the molecule is CNSc1ccc(N(C)CC(F)(F)F)c(Nc2ncnc3cc(OC)c(OC)cc23)c1. The molecular formula is C20H22F3N5O2S. The van der Waals surface area contributed by atoms with E-state index in [-0.39, 0.29) is 0 Å². The van der Waals surface area contributed by atoms with Gasteiger partial charge in [0.25, 0.3) is 0 Å². The molecule has 3 rings (SSSR count). The van der Waals surface area contributed by atoms with E-state index in [1.54, 1.807) is 37.4 Å². The van der Waals surface area contributed by atoms with Gasteiger partial charge in [-0.1, -0.05) is 0 Å². The van der Waals surface area contributed by atoms with Gasteiger partial charge in [0, 0.05) is 23.4 Å². The minimum absolute atomic E-state index is 0.380. The monoisotopic (exact) mass is 453 g/mol. The van der Waals surface area contributed by atoms with Crippen molar-refractivity contribution in [2.24, 2.45) is 0 Å². The van der Waals surface area contributed by atoms with Gasteiger partial charge in [-0.3, -0.25) is 4.72 Å². The molecule has 0 saturated carbocycles. The van der Waals surface area contributed by atoms with E-state index in [1.807, 2.05) is 0 Å². The maximum absolute atomic E-state index is 13.0. The van der Waals surface area contributed by atoms with Gasteiger partial charge in [-0.05, 0) is 43.3 Å². The quantitative estimate of drug-likeness (QED) is 0.479. The Morgan fingerprint density at radius 1 is 1.06 bits per heavy atom. The molecule has 7 nitrogen and oxygen atoms in total. The van der Waals surface area contributed by atoms with Crippen molar-refractivity contribution in [1.82, 2.24) is 14.7 Å². The number of hydrogen-bond donors (Lipinski definition) is 2. The van der Waals surface area contributed by atoms with E-state index in [9.17, 15) is 13.2 Å². The van der Waals surface area contributed by atoms with Gasteiger partial charge in [0.15, 0.2) is 11.5 Å². The Bertz CT molecular complexity index is 1060. The molecule has 31 heavy (non-hydrogen) atoms. The molecule has 0 saturated heterocycles. The first kappa shape index (κ1) is 22.8. The predicted octanol–water partition coefficient (Wildman–Crippen LogP) is 4.62. The summed E-state index contributed by atoms with van der Waals surface area (Å²) in [5.74, 6) is 1.43. The Morgan fingerprint density at radius 2 is 1.77 bits per heavy atom. The minimum atomic E-state index is -4.34. The van der Waals surface area contributed by atoms with Crippen molar-refractivity contribution in [2.75, 3.05) is 45.1 Å². The molecular weight excluding hydrogens is 431 g/mol. The lowest BCUT2D eigenvalue weighted by molar-refractivity contribution is -0.119. The maximum Gasteiger partial charge on any atom is 0.405 e. The van der Waals surface area contributed by atoms with E-state index >= 15 is 0 Å². The summed E-state index contributed by atoms with van der Waals surface area (Å²) in [5.41, 5.74) is 1.45. The fourth-order valence-electron chi connectivity index (χ4n) is 3.09. The summed E-state index contributed by atoms with van der Waals surface area (Å²) in [6.45, 7) is -1.09. The van der Waals surface area contributed by atoms with Crippen molar-refractivity contribution in [2.45, 2.75) is 11.1 Å². The third-order valence-electron chi connectivity index (χ3n) is 4.41. The van der Waals surface area contributed by atoms with Crippen LogP contribution in [-0.4, -0.2) is 51.0 Å². The molecule has 0 fully saturated rings. The fourth-order valence-corrected chi connectivity index (χ4v) is 3.64. The number of nitrogens with one attached hydrogen (secondary N) is 2. The Morgan fingerprint density at radius 3 is 2.42 bits per heavy atom. The number of benzene rings is 2. The van der Waals surface area contributed by atoms with Crippen LogP contribution in [0.4, 0.5) is 30.4 Å². The molecule has 0 unspecified atom stereocenters. The third-order valence-corrected chi connectivity index (χ3v) is 5.10. The lowest BCUT2D eigenvalue weighted by atomic mass is 10.2. The molecule has 11 heteroatoms. The number of rotatable bonds is 8. The summed E-state index contributed by atoms with van der Waals surface area (Å²) in [5, 5.41) is 3.81. The average molecular weight is 453 g/mol. The first-order valence-corrected chi connectivity index (χ1v) is 9.96. The highest BCUT2D eigenvalue weighted by Gasteiger charge is 2.30. The van der Waals surface area contributed by atoms with Gasteiger partial charge in [-0.2, -0.15) is 13.2 Å². The van der Waals surface area contributed by atoms with Crippen molar-refractivity contribution in [3.05, 3.63) is 36.7 Å². The van der Waals surface area contributed by atoms with Crippen molar-refractivity contribution in [1.29, 1.82) is 0 Å². The van der Waals surface area contributed by atoms with E-state index in [2.05, 4.69) is 20.0 Å². The van der Waals surface area contributed by atoms with Crippen molar-refractivity contribution in [3.63, 3.8) is 0 Å². The number of ether oxygens (including phenoxy) is 2. The number of nitrogens with zero attached hydrogens (tertiary/aromatic N) is 3. The molecule has 3 aromatic rings. The second-order valence-corrected chi connectivity index (χ2v) is 7.61. The second-order valence-electron chi connectivity index (χ2n) is 6.53. The van der Waals surface area contributed by atoms with Crippen LogP contribution >= 0.6 is 11.9 Å². The van der Waals surface area contributed by atoms with E-state index in [0.717, 1.165) is 9.80 Å². The van der Waals surface area contributed by atoms with Crippen LogP contribution in [0.15, 0.2) is 41.6 Å². The molecule has 0 aliphatic carbocycles. The first-order valence-electron chi connectivity index (χ1n) is 9.15. The standard InChI is InChI=1S/C20H22F3N5O2S/c1-24-31-12-5-6-16(28(2)10-20(21,22)23)15(7-12)27-19-13-8-17(29-3)18(30-4)9-14(13)25-11-26-19/h5-9,11,24H,10H2,1-4H3,(H,25,26,27). The molecule has 0 aliphatic heterocycles. The summed E-state index contributed by atoms with van der Waals surface area (Å²) in [6.07, 6.45) is -2.96. The smallest absolute Gasteiger partial charge is 0.405 e. The maximum atomic E-state index is 13.0. The summed E-state index contributed by atoms with van der Waals surface area (Å²) in [6, 6.07) is 8.59. The highest BCUT2D eigenvalue weighted by Crippen LogP contribution is 2.37. The largest absolute Gasteiger partial charge is 0.493 e. The molecule has 0 spiro atoms. The third kappa shape index (κ3) is 5.42.